The molecule has 0 spiro atoms. The van der Waals surface area contributed by atoms with Crippen LogP contribution in [0.5, 0.6) is 5.75 Å². The fourth-order valence-corrected chi connectivity index (χ4v) is 2.19. The third-order valence-electron chi connectivity index (χ3n) is 2.08. The van der Waals surface area contributed by atoms with Crippen molar-refractivity contribution >= 4 is 45.5 Å². The SMILES string of the molecule is CC1=N/C(=C\c2cc(Cl)cc(Br)c2O)C(=O)O1. The Balaban J connectivity index is 2.49. The first-order valence-electron chi connectivity index (χ1n) is 4.64. The Morgan fingerprint density at radius 1 is 1.53 bits per heavy atom. The maximum absolute atomic E-state index is 11.3. The third-order valence-corrected chi connectivity index (χ3v) is 2.90. The number of nitrogens with zero attached hydrogens (tertiary/aromatic N) is 1. The number of ether oxygens (including phenoxy) is 1. The summed E-state index contributed by atoms with van der Waals surface area (Å²) in [6.45, 7) is 1.58. The maximum atomic E-state index is 11.3. The highest BCUT2D eigenvalue weighted by Crippen LogP contribution is 2.33. The summed E-state index contributed by atoms with van der Waals surface area (Å²) in [5.74, 6) is -0.269. The summed E-state index contributed by atoms with van der Waals surface area (Å²) < 4.78 is 5.21. The number of carbonyl (C=O) groups is 1. The first-order chi connectivity index (χ1) is 7.97. The van der Waals surface area contributed by atoms with Gasteiger partial charge in [0.2, 0.25) is 0 Å². The molecule has 0 fully saturated rings. The zero-order valence-corrected chi connectivity index (χ0v) is 11.0. The van der Waals surface area contributed by atoms with Crippen molar-refractivity contribution in [1.29, 1.82) is 0 Å². The average Bonchev–Trinajstić information content (AvgIpc) is 2.53. The molecule has 6 heteroatoms. The molecule has 2 rings (SSSR count). The standard InChI is InChI=1S/C11H7BrClNO3/c1-5-14-9(11(16)17-5)3-6-2-7(13)4-8(12)10(6)15/h2-4,15H,1H3/b9-3-. The van der Waals surface area contributed by atoms with E-state index in [0.29, 0.717) is 15.1 Å². The number of phenols is 1. The van der Waals surface area contributed by atoms with Gasteiger partial charge in [-0.2, -0.15) is 0 Å². The highest BCUT2D eigenvalue weighted by molar-refractivity contribution is 9.10. The van der Waals surface area contributed by atoms with Gasteiger partial charge in [0, 0.05) is 17.5 Å². The highest BCUT2D eigenvalue weighted by Gasteiger charge is 2.20. The molecule has 1 aromatic rings. The zero-order valence-electron chi connectivity index (χ0n) is 8.70. The molecular weight excluding hydrogens is 309 g/mol. The number of carbonyl (C=O) groups excluding carboxylic acids is 1. The second-order valence-corrected chi connectivity index (χ2v) is 4.67. The summed E-state index contributed by atoms with van der Waals surface area (Å²) >= 11 is 9.01. The number of aromatic hydroxyl groups is 1. The molecule has 0 atom stereocenters. The molecule has 0 bridgehead atoms. The molecule has 0 radical (unpaired) electrons. The van der Waals surface area contributed by atoms with E-state index in [1.165, 1.54) is 12.1 Å². The smallest absolute Gasteiger partial charge is 0.363 e. The number of hydrogen-bond acceptors (Lipinski definition) is 4. The van der Waals surface area contributed by atoms with Crippen LogP contribution in [0.1, 0.15) is 12.5 Å². The predicted molar refractivity (Wildman–Crippen MR) is 68.0 cm³/mol. The summed E-state index contributed by atoms with van der Waals surface area (Å²) in [5, 5.41) is 10.2. The molecule has 1 aromatic carbocycles. The normalized spacial score (nSPS) is 17.2. The molecular formula is C11H7BrClNO3. The van der Waals surface area contributed by atoms with Crippen LogP contribution >= 0.6 is 27.5 Å². The lowest BCUT2D eigenvalue weighted by Gasteiger charge is -2.03. The topological polar surface area (TPSA) is 58.9 Å². The van der Waals surface area contributed by atoms with E-state index in [9.17, 15) is 9.90 Å². The van der Waals surface area contributed by atoms with Crippen LogP contribution in [0.2, 0.25) is 5.02 Å². The zero-order chi connectivity index (χ0) is 12.6. The van der Waals surface area contributed by atoms with Crippen LogP contribution in [0.3, 0.4) is 0 Å². The van der Waals surface area contributed by atoms with Crippen LogP contribution in [-0.2, 0) is 9.53 Å². The molecule has 1 aliphatic rings. The fraction of sp³-hybridized carbons (Fsp3) is 0.0909. The summed E-state index contributed by atoms with van der Waals surface area (Å²) in [7, 11) is 0. The van der Waals surface area contributed by atoms with Crippen molar-refractivity contribution in [3.8, 4) is 5.75 Å². The molecule has 4 nitrogen and oxygen atoms in total. The van der Waals surface area contributed by atoms with E-state index in [0.717, 1.165) is 0 Å². The maximum Gasteiger partial charge on any atom is 0.363 e. The number of cyclic esters (lactones) is 1. The van der Waals surface area contributed by atoms with Gasteiger partial charge in [0.15, 0.2) is 11.6 Å². The fourth-order valence-electron chi connectivity index (χ4n) is 1.36. The molecule has 17 heavy (non-hydrogen) atoms. The summed E-state index contributed by atoms with van der Waals surface area (Å²) in [4.78, 5) is 15.2. The minimum Gasteiger partial charge on any atom is -0.506 e. The molecule has 0 aliphatic carbocycles. The number of benzene rings is 1. The molecule has 0 saturated heterocycles. The Bertz CT molecular complexity index is 566. The Morgan fingerprint density at radius 3 is 2.82 bits per heavy atom. The van der Waals surface area contributed by atoms with E-state index in [1.54, 1.807) is 13.0 Å². The van der Waals surface area contributed by atoms with E-state index in [2.05, 4.69) is 20.9 Å². The molecule has 1 heterocycles. The molecule has 0 amide bonds. The second kappa shape index (κ2) is 4.50. The molecule has 0 saturated carbocycles. The van der Waals surface area contributed by atoms with Crippen molar-refractivity contribution in [3.63, 3.8) is 0 Å². The summed E-state index contributed by atoms with van der Waals surface area (Å²) in [5.41, 5.74) is 0.529. The van der Waals surface area contributed by atoms with Gasteiger partial charge in [-0.15, -0.1) is 0 Å². The Hall–Kier alpha value is -1.33. The van der Waals surface area contributed by atoms with E-state index in [4.69, 9.17) is 16.3 Å². The molecule has 1 aliphatic heterocycles. The Labute approximate surface area is 111 Å². The monoisotopic (exact) mass is 315 g/mol. The molecule has 0 unspecified atom stereocenters. The number of rotatable bonds is 1. The second-order valence-electron chi connectivity index (χ2n) is 3.38. The van der Waals surface area contributed by atoms with Crippen LogP contribution in [0, 0.1) is 0 Å². The Kier molecular flexibility index (Phi) is 3.22. The summed E-state index contributed by atoms with van der Waals surface area (Å²) in [6.07, 6.45) is 1.42. The summed E-state index contributed by atoms with van der Waals surface area (Å²) in [6, 6.07) is 3.09. The van der Waals surface area contributed by atoms with Crippen molar-refractivity contribution in [2.75, 3.05) is 0 Å². The van der Waals surface area contributed by atoms with Gasteiger partial charge in [0.05, 0.1) is 4.47 Å². The van der Waals surface area contributed by atoms with E-state index < -0.39 is 5.97 Å². The van der Waals surface area contributed by atoms with Crippen molar-refractivity contribution < 1.29 is 14.6 Å². The lowest BCUT2D eigenvalue weighted by atomic mass is 10.1. The number of phenolic OH excluding ortho intramolecular Hbond substituents is 1. The minimum atomic E-state index is -0.544. The van der Waals surface area contributed by atoms with Gasteiger partial charge >= 0.3 is 5.97 Å². The molecule has 1 N–H and O–H groups in total. The van der Waals surface area contributed by atoms with E-state index in [-0.39, 0.29) is 17.3 Å². The predicted octanol–water partition coefficient (Wildman–Crippen LogP) is 3.12. The van der Waals surface area contributed by atoms with Gasteiger partial charge < -0.3 is 9.84 Å². The van der Waals surface area contributed by atoms with Crippen molar-refractivity contribution in [3.05, 3.63) is 32.9 Å². The Morgan fingerprint density at radius 2 is 2.24 bits per heavy atom. The number of halogens is 2. The van der Waals surface area contributed by atoms with Crippen LogP contribution < -0.4 is 0 Å². The van der Waals surface area contributed by atoms with Gasteiger partial charge in [0.25, 0.3) is 0 Å². The van der Waals surface area contributed by atoms with Gasteiger partial charge in [-0.3, -0.25) is 0 Å². The average molecular weight is 317 g/mol. The minimum absolute atomic E-state index is 0.00514. The lowest BCUT2D eigenvalue weighted by molar-refractivity contribution is -0.130. The number of esters is 1. The van der Waals surface area contributed by atoms with Crippen LogP contribution in [0.15, 0.2) is 27.3 Å². The first kappa shape index (κ1) is 12.1. The van der Waals surface area contributed by atoms with Crippen molar-refractivity contribution in [1.82, 2.24) is 0 Å². The quantitative estimate of drug-likeness (QED) is 0.639. The van der Waals surface area contributed by atoms with Gasteiger partial charge in [0.1, 0.15) is 5.75 Å². The molecule has 0 aromatic heterocycles. The molecule has 88 valence electrons. The number of hydrogen-bond donors (Lipinski definition) is 1. The van der Waals surface area contributed by atoms with Crippen LogP contribution in [0.25, 0.3) is 6.08 Å². The van der Waals surface area contributed by atoms with Crippen LogP contribution in [-0.4, -0.2) is 17.0 Å². The highest BCUT2D eigenvalue weighted by atomic mass is 79.9. The lowest BCUT2D eigenvalue weighted by Crippen LogP contribution is -1.99. The third kappa shape index (κ3) is 2.50. The van der Waals surface area contributed by atoms with Crippen molar-refractivity contribution in [2.45, 2.75) is 6.92 Å². The van der Waals surface area contributed by atoms with Gasteiger partial charge in [-0.25, -0.2) is 9.79 Å². The van der Waals surface area contributed by atoms with Crippen molar-refractivity contribution in [2.24, 2.45) is 4.99 Å². The van der Waals surface area contributed by atoms with E-state index >= 15 is 0 Å². The number of aliphatic imine (C=N–C) groups is 1. The van der Waals surface area contributed by atoms with Crippen LogP contribution in [0.4, 0.5) is 0 Å². The van der Waals surface area contributed by atoms with Gasteiger partial charge in [-0.05, 0) is 34.1 Å². The first-order valence-corrected chi connectivity index (χ1v) is 5.81. The van der Waals surface area contributed by atoms with E-state index in [1.807, 2.05) is 0 Å². The van der Waals surface area contributed by atoms with Gasteiger partial charge in [-0.1, -0.05) is 11.6 Å². The largest absolute Gasteiger partial charge is 0.506 e.